The third-order valence-electron chi connectivity index (χ3n) is 5.28. The topological polar surface area (TPSA) is 64.4 Å². The number of aryl methyl sites for hydroxylation is 1. The maximum absolute atomic E-state index is 12.6. The summed E-state index contributed by atoms with van der Waals surface area (Å²) in [6.07, 6.45) is 5.97. The van der Waals surface area contributed by atoms with Crippen LogP contribution in [0.15, 0.2) is 29.2 Å². The van der Waals surface area contributed by atoms with E-state index in [1.807, 2.05) is 11.8 Å². The first-order valence-electron chi connectivity index (χ1n) is 8.92. The molecule has 0 aromatic heterocycles. The average molecular weight is 385 g/mol. The first kappa shape index (κ1) is 20.6. The van der Waals surface area contributed by atoms with Crippen molar-refractivity contribution < 1.29 is 9.53 Å². The molecule has 0 atom stereocenters. The summed E-state index contributed by atoms with van der Waals surface area (Å²) < 4.78 is 5.44. The smallest absolute Gasteiger partial charge is 0.240 e. The van der Waals surface area contributed by atoms with Crippen molar-refractivity contribution in [3.63, 3.8) is 0 Å². The molecule has 1 aromatic carbocycles. The van der Waals surface area contributed by atoms with Crippen molar-refractivity contribution in [2.45, 2.75) is 60.6 Å². The lowest BCUT2D eigenvalue weighted by molar-refractivity contribution is -0.129. The van der Waals surface area contributed by atoms with Gasteiger partial charge in [-0.05, 0) is 44.7 Å². The Kier molecular flexibility index (Phi) is 7.20. The minimum atomic E-state index is -0.757. The largest absolute Gasteiger partial charge is 0.381 e. The molecular formula is C19H29ClN2O2S. The van der Waals surface area contributed by atoms with Crippen LogP contribution in [0.25, 0.3) is 0 Å². The van der Waals surface area contributed by atoms with E-state index in [0.29, 0.717) is 32.6 Å². The van der Waals surface area contributed by atoms with Gasteiger partial charge in [0, 0.05) is 29.4 Å². The van der Waals surface area contributed by atoms with E-state index in [4.69, 9.17) is 10.5 Å². The number of hydrogen-bond donors (Lipinski definition) is 2. The van der Waals surface area contributed by atoms with E-state index in [1.54, 1.807) is 0 Å². The molecule has 6 heteroatoms. The van der Waals surface area contributed by atoms with Gasteiger partial charge in [0.2, 0.25) is 5.91 Å². The van der Waals surface area contributed by atoms with E-state index in [-0.39, 0.29) is 23.1 Å². The molecule has 0 bridgehead atoms. The second kappa shape index (κ2) is 8.76. The van der Waals surface area contributed by atoms with Gasteiger partial charge < -0.3 is 15.8 Å². The van der Waals surface area contributed by atoms with Gasteiger partial charge >= 0.3 is 0 Å². The summed E-state index contributed by atoms with van der Waals surface area (Å²) in [5.41, 5.74) is 6.82. The van der Waals surface area contributed by atoms with Crippen LogP contribution in [0.3, 0.4) is 0 Å². The van der Waals surface area contributed by atoms with Crippen LogP contribution in [-0.4, -0.2) is 36.0 Å². The number of halogens is 1. The number of amides is 1. The highest BCUT2D eigenvalue weighted by atomic mass is 35.5. The lowest BCUT2D eigenvalue weighted by Gasteiger charge is -2.34. The predicted molar refractivity (Wildman–Crippen MR) is 105 cm³/mol. The van der Waals surface area contributed by atoms with Gasteiger partial charge in [-0.1, -0.05) is 30.5 Å². The Morgan fingerprint density at radius 3 is 2.36 bits per heavy atom. The minimum Gasteiger partial charge on any atom is -0.381 e. The molecule has 2 fully saturated rings. The third-order valence-corrected chi connectivity index (χ3v) is 6.77. The molecule has 140 valence electrons. The van der Waals surface area contributed by atoms with E-state index < -0.39 is 5.54 Å². The number of thioether (sulfide) groups is 1. The van der Waals surface area contributed by atoms with Crippen molar-refractivity contribution in [3.8, 4) is 0 Å². The number of ether oxygens (including phenoxy) is 1. The summed E-state index contributed by atoms with van der Waals surface area (Å²) in [6.45, 7) is 3.96. The average Bonchev–Trinajstić information content (AvgIpc) is 3.04. The molecule has 3 N–H and O–H groups in total. The molecule has 1 heterocycles. The Morgan fingerprint density at radius 1 is 1.16 bits per heavy atom. The minimum absolute atomic E-state index is 0. The highest BCUT2D eigenvalue weighted by Crippen LogP contribution is 2.45. The Morgan fingerprint density at radius 2 is 1.76 bits per heavy atom. The molecule has 0 unspecified atom stereocenters. The summed E-state index contributed by atoms with van der Waals surface area (Å²) in [5.74, 6) is -0.0124. The van der Waals surface area contributed by atoms with E-state index in [1.165, 1.54) is 23.3 Å². The highest BCUT2D eigenvalue weighted by molar-refractivity contribution is 8.00. The first-order chi connectivity index (χ1) is 11.5. The van der Waals surface area contributed by atoms with Crippen molar-refractivity contribution in [1.82, 2.24) is 5.32 Å². The van der Waals surface area contributed by atoms with Crippen LogP contribution in [0.5, 0.6) is 0 Å². The van der Waals surface area contributed by atoms with Crippen molar-refractivity contribution in [2.75, 3.05) is 19.8 Å². The van der Waals surface area contributed by atoms with Gasteiger partial charge in [0.1, 0.15) is 0 Å². The number of carbonyl (C=O) groups is 1. The fraction of sp³-hybridized carbons (Fsp3) is 0.632. The maximum atomic E-state index is 12.6. The second-order valence-corrected chi connectivity index (χ2v) is 8.80. The molecule has 1 saturated carbocycles. The molecule has 2 aliphatic rings. The maximum Gasteiger partial charge on any atom is 0.240 e. The van der Waals surface area contributed by atoms with E-state index >= 15 is 0 Å². The molecule has 25 heavy (non-hydrogen) atoms. The van der Waals surface area contributed by atoms with Crippen molar-refractivity contribution in [1.29, 1.82) is 0 Å². The van der Waals surface area contributed by atoms with Crippen LogP contribution in [0.4, 0.5) is 0 Å². The zero-order valence-corrected chi connectivity index (χ0v) is 16.5. The van der Waals surface area contributed by atoms with Crippen LogP contribution in [-0.2, 0) is 9.53 Å². The summed E-state index contributed by atoms with van der Waals surface area (Å²) in [5, 5.41) is 3.17. The Hall–Kier alpha value is -0.750. The van der Waals surface area contributed by atoms with Gasteiger partial charge in [-0.2, -0.15) is 0 Å². The fourth-order valence-corrected chi connectivity index (χ4v) is 4.98. The molecule has 1 aliphatic heterocycles. The lowest BCUT2D eigenvalue weighted by Crippen LogP contribution is -2.58. The van der Waals surface area contributed by atoms with Crippen LogP contribution in [0, 0.1) is 6.92 Å². The predicted octanol–water partition coefficient (Wildman–Crippen LogP) is 3.45. The summed E-state index contributed by atoms with van der Waals surface area (Å²) in [4.78, 5) is 13.9. The second-order valence-electron chi connectivity index (χ2n) is 7.26. The summed E-state index contributed by atoms with van der Waals surface area (Å²) in [6, 6.07) is 8.68. The molecule has 3 rings (SSSR count). The zero-order chi connectivity index (χ0) is 17.0. The van der Waals surface area contributed by atoms with Gasteiger partial charge in [-0.3, -0.25) is 4.79 Å². The third kappa shape index (κ3) is 5.13. The van der Waals surface area contributed by atoms with Crippen LogP contribution in [0.2, 0.25) is 0 Å². The van der Waals surface area contributed by atoms with Gasteiger partial charge in [0.05, 0.1) is 5.54 Å². The van der Waals surface area contributed by atoms with Gasteiger partial charge in [-0.25, -0.2) is 0 Å². The molecule has 1 amide bonds. The number of benzene rings is 1. The van der Waals surface area contributed by atoms with Crippen LogP contribution in [0.1, 0.15) is 44.1 Å². The summed E-state index contributed by atoms with van der Waals surface area (Å²) >= 11 is 1.91. The normalized spacial score (nSPS) is 21.4. The lowest BCUT2D eigenvalue weighted by atomic mass is 9.90. The fourth-order valence-electron chi connectivity index (χ4n) is 3.57. The van der Waals surface area contributed by atoms with E-state index in [2.05, 4.69) is 36.5 Å². The molecule has 0 radical (unpaired) electrons. The van der Waals surface area contributed by atoms with Crippen LogP contribution < -0.4 is 11.1 Å². The Balaban J connectivity index is 0.00000225. The Labute approximate surface area is 161 Å². The summed E-state index contributed by atoms with van der Waals surface area (Å²) in [7, 11) is 0. The first-order valence-corrected chi connectivity index (χ1v) is 9.74. The van der Waals surface area contributed by atoms with Gasteiger partial charge in [-0.15, -0.1) is 24.2 Å². The molecule has 1 aromatic rings. The van der Waals surface area contributed by atoms with E-state index in [9.17, 15) is 4.79 Å². The van der Waals surface area contributed by atoms with Crippen molar-refractivity contribution in [2.24, 2.45) is 5.73 Å². The highest BCUT2D eigenvalue weighted by Gasteiger charge is 2.39. The number of nitrogens with two attached hydrogens (primary N) is 1. The number of carbonyl (C=O) groups excluding carboxylic acids is 1. The van der Waals surface area contributed by atoms with Gasteiger partial charge in [0.15, 0.2) is 0 Å². The monoisotopic (exact) mass is 384 g/mol. The van der Waals surface area contributed by atoms with Crippen LogP contribution >= 0.6 is 24.2 Å². The number of nitrogens with one attached hydrogen (secondary N) is 1. The molecule has 1 saturated heterocycles. The number of hydrogen-bond acceptors (Lipinski definition) is 4. The quantitative estimate of drug-likeness (QED) is 0.816. The standard InChI is InChI=1S/C19H28N2O2S.ClH/c1-15-4-6-16(7-5-15)24-18(8-2-3-9-18)14-21-17(22)19(20)10-12-23-13-11-19;/h4-7H,2-3,8-14,20H2,1H3,(H,21,22);1H. The SMILES string of the molecule is Cc1ccc(SC2(CNC(=O)C3(N)CCOCC3)CCCC2)cc1.Cl. The zero-order valence-electron chi connectivity index (χ0n) is 14.9. The molecule has 0 spiro atoms. The molecule has 1 aliphatic carbocycles. The molecule has 4 nitrogen and oxygen atoms in total. The van der Waals surface area contributed by atoms with E-state index in [0.717, 1.165) is 12.8 Å². The Bertz CT molecular complexity index is 567. The van der Waals surface area contributed by atoms with Gasteiger partial charge in [0.25, 0.3) is 0 Å². The van der Waals surface area contributed by atoms with Crippen molar-refractivity contribution >= 4 is 30.1 Å². The molecular weight excluding hydrogens is 356 g/mol. The number of rotatable bonds is 5. The van der Waals surface area contributed by atoms with Crippen molar-refractivity contribution in [3.05, 3.63) is 29.8 Å².